The monoisotopic (exact) mass is 373 g/mol. The Morgan fingerprint density at radius 1 is 1.12 bits per heavy atom. The number of hydrogen-bond donors (Lipinski definition) is 1. The van der Waals surface area contributed by atoms with Gasteiger partial charge in [0.2, 0.25) is 0 Å². The van der Waals surface area contributed by atoms with Crippen molar-refractivity contribution in [3.8, 4) is 11.4 Å². The van der Waals surface area contributed by atoms with Crippen molar-refractivity contribution in [3.63, 3.8) is 0 Å². The summed E-state index contributed by atoms with van der Waals surface area (Å²) in [7, 11) is 0. The first-order chi connectivity index (χ1) is 10.9. The topological polar surface area (TPSA) is 70.1 Å². The van der Waals surface area contributed by atoms with E-state index in [-0.39, 0.29) is 11.8 Å². The highest BCUT2D eigenvalue weighted by Gasteiger charge is 2.34. The van der Waals surface area contributed by atoms with Gasteiger partial charge in [0, 0.05) is 18.2 Å². The van der Waals surface area contributed by atoms with E-state index >= 15 is 0 Å². The van der Waals surface area contributed by atoms with Gasteiger partial charge in [-0.1, -0.05) is 11.6 Å². The van der Waals surface area contributed by atoms with Gasteiger partial charge >= 0.3 is 12.5 Å². The molecule has 2 N–H and O–H groups in total. The first kappa shape index (κ1) is 17.9. The molecule has 0 bridgehead atoms. The largest absolute Gasteiger partial charge is 0.573 e. The molecule has 24 heavy (non-hydrogen) atoms. The molecule has 5 nitrogen and oxygen atoms in total. The third-order valence-corrected chi connectivity index (χ3v) is 2.93. The van der Waals surface area contributed by atoms with Gasteiger partial charge < -0.3 is 10.5 Å². The third kappa shape index (κ3) is 3.91. The van der Waals surface area contributed by atoms with Gasteiger partial charge in [-0.25, -0.2) is 4.98 Å². The molecule has 0 aliphatic carbocycles. The van der Waals surface area contributed by atoms with Gasteiger partial charge in [-0.05, 0) is 0 Å². The second kappa shape index (κ2) is 5.89. The molecule has 0 aliphatic rings. The molecule has 0 saturated carbocycles. The lowest BCUT2D eigenvalue weighted by Gasteiger charge is -2.15. The predicted octanol–water partition coefficient (Wildman–Crippen LogP) is 3.39. The van der Waals surface area contributed by atoms with Crippen molar-refractivity contribution >= 4 is 17.3 Å². The van der Waals surface area contributed by atoms with Crippen molar-refractivity contribution < 1.29 is 31.1 Å². The molecule has 12 heteroatoms. The summed E-state index contributed by atoms with van der Waals surface area (Å²) < 4.78 is 78.2. The van der Waals surface area contributed by atoms with Gasteiger partial charge in [-0.2, -0.15) is 13.2 Å². The molecule has 130 valence electrons. The second-order valence-electron chi connectivity index (χ2n) is 4.37. The third-order valence-electron chi connectivity index (χ3n) is 2.64. The van der Waals surface area contributed by atoms with Gasteiger partial charge in [-0.15, -0.1) is 13.2 Å². The average molecular weight is 374 g/mol. The minimum Gasteiger partial charge on any atom is -0.406 e. The summed E-state index contributed by atoms with van der Waals surface area (Å²) in [5, 5.41) is -0.446. The van der Waals surface area contributed by atoms with Crippen molar-refractivity contribution in [2.45, 2.75) is 12.5 Å². The van der Waals surface area contributed by atoms with Crippen LogP contribution in [0.3, 0.4) is 0 Å². The van der Waals surface area contributed by atoms with E-state index in [4.69, 9.17) is 17.3 Å². The quantitative estimate of drug-likeness (QED) is 0.647. The fourth-order valence-corrected chi connectivity index (χ4v) is 2.07. The lowest BCUT2D eigenvalue weighted by molar-refractivity contribution is -0.274. The minimum atomic E-state index is -5.00. The van der Waals surface area contributed by atoms with Crippen LogP contribution in [0, 0.1) is 0 Å². The van der Waals surface area contributed by atoms with Crippen LogP contribution >= 0.6 is 11.6 Å². The number of rotatable bonds is 2. The Hall–Kier alpha value is -2.43. The van der Waals surface area contributed by atoms with Crippen molar-refractivity contribution in [1.29, 1.82) is 0 Å². The molecule has 0 aliphatic heterocycles. The maximum atomic E-state index is 12.5. The van der Waals surface area contributed by atoms with E-state index in [1.807, 2.05) is 0 Å². The van der Waals surface area contributed by atoms with E-state index in [9.17, 15) is 31.1 Å². The van der Waals surface area contributed by atoms with Crippen LogP contribution < -0.4 is 16.0 Å². The summed E-state index contributed by atoms with van der Waals surface area (Å²) >= 11 is 5.76. The van der Waals surface area contributed by atoms with E-state index in [2.05, 4.69) is 9.72 Å². The summed E-state index contributed by atoms with van der Waals surface area (Å²) in [6.45, 7) is 0. The number of ether oxygens (including phenoxy) is 1. The number of nitrogens with two attached hydrogens (primary N) is 1. The predicted molar refractivity (Wildman–Crippen MR) is 70.9 cm³/mol. The number of anilines is 1. The zero-order valence-corrected chi connectivity index (χ0v) is 12.0. The Kier molecular flexibility index (Phi) is 4.40. The van der Waals surface area contributed by atoms with Crippen LogP contribution in [0.4, 0.5) is 32.0 Å². The molecular weight excluding hydrogens is 368 g/mol. The van der Waals surface area contributed by atoms with Gasteiger partial charge in [0.15, 0.2) is 5.69 Å². The molecule has 0 amide bonds. The molecule has 0 unspecified atom stereocenters. The Morgan fingerprint density at radius 3 is 2.21 bits per heavy atom. The summed E-state index contributed by atoms with van der Waals surface area (Å²) in [6.07, 6.45) is -9.31. The summed E-state index contributed by atoms with van der Waals surface area (Å²) in [6, 6.07) is 1.64. The maximum Gasteiger partial charge on any atom is 0.573 e. The molecule has 0 atom stereocenters. The van der Waals surface area contributed by atoms with Crippen molar-refractivity contribution in [2.75, 3.05) is 5.73 Å². The average Bonchev–Trinajstić information content (AvgIpc) is 2.36. The van der Waals surface area contributed by atoms with E-state index in [1.54, 1.807) is 0 Å². The number of alkyl halides is 6. The van der Waals surface area contributed by atoms with Crippen LogP contribution in [-0.4, -0.2) is 15.9 Å². The zero-order valence-electron chi connectivity index (χ0n) is 11.2. The van der Waals surface area contributed by atoms with Crippen LogP contribution in [0.15, 0.2) is 29.3 Å². The Bertz CT molecular complexity index is 808. The van der Waals surface area contributed by atoms with Crippen LogP contribution in [0.5, 0.6) is 5.75 Å². The molecule has 0 radical (unpaired) electrons. The lowest BCUT2D eigenvalue weighted by Crippen LogP contribution is -2.23. The van der Waals surface area contributed by atoms with Crippen LogP contribution in [0.25, 0.3) is 5.69 Å². The summed E-state index contributed by atoms with van der Waals surface area (Å²) in [5.74, 6) is -0.748. The molecule has 0 spiro atoms. The first-order valence-electron chi connectivity index (χ1n) is 5.89. The van der Waals surface area contributed by atoms with Crippen LogP contribution in [-0.2, 0) is 6.18 Å². The number of benzene rings is 1. The summed E-state index contributed by atoms with van der Waals surface area (Å²) in [5.41, 5.74) is 2.17. The molecule has 2 rings (SSSR count). The van der Waals surface area contributed by atoms with Crippen LogP contribution in [0.2, 0.25) is 5.02 Å². The zero-order chi connectivity index (χ0) is 18.3. The lowest BCUT2D eigenvalue weighted by atomic mass is 10.2. The number of aromatic nitrogens is 2. The Labute approximate surface area is 134 Å². The van der Waals surface area contributed by atoms with E-state index in [0.717, 1.165) is 6.07 Å². The Balaban J connectivity index is 2.52. The SMILES string of the molecule is Nc1cc(OC(F)(F)F)cc(Cl)c1-n1cnc(C(F)(F)F)cc1=O. The number of nitrogen functional groups attached to an aromatic ring is 1. The molecule has 1 aromatic carbocycles. The van der Waals surface area contributed by atoms with Gasteiger partial charge in [0.1, 0.15) is 12.1 Å². The smallest absolute Gasteiger partial charge is 0.406 e. The minimum absolute atomic E-state index is 0.204. The van der Waals surface area contributed by atoms with Gasteiger partial charge in [-0.3, -0.25) is 9.36 Å². The van der Waals surface area contributed by atoms with Gasteiger partial charge in [0.05, 0.1) is 16.4 Å². The van der Waals surface area contributed by atoms with Crippen molar-refractivity contribution in [2.24, 2.45) is 0 Å². The van der Waals surface area contributed by atoms with Crippen LogP contribution in [0.1, 0.15) is 5.69 Å². The highest BCUT2D eigenvalue weighted by Crippen LogP contribution is 2.34. The Morgan fingerprint density at radius 2 is 1.75 bits per heavy atom. The molecule has 0 saturated heterocycles. The molecule has 1 heterocycles. The van der Waals surface area contributed by atoms with E-state index in [1.165, 1.54) is 0 Å². The molecular formula is C12H6ClF6N3O2. The van der Waals surface area contributed by atoms with Gasteiger partial charge in [0.25, 0.3) is 5.56 Å². The van der Waals surface area contributed by atoms with Crippen molar-refractivity contribution in [1.82, 2.24) is 9.55 Å². The molecule has 1 aromatic heterocycles. The standard InChI is InChI=1S/C12H6ClF6N3O2/c13-6-1-5(24-12(17,18)19)2-7(20)10(6)22-4-21-8(3-9(22)23)11(14,15)16/h1-4H,20H2. The number of halogens is 7. The van der Waals surface area contributed by atoms with E-state index < -0.39 is 40.3 Å². The molecule has 2 aromatic rings. The maximum absolute atomic E-state index is 12.5. The normalized spacial score (nSPS) is 12.3. The second-order valence-corrected chi connectivity index (χ2v) is 4.78. The van der Waals surface area contributed by atoms with E-state index in [0.29, 0.717) is 17.0 Å². The first-order valence-corrected chi connectivity index (χ1v) is 6.27. The highest BCUT2D eigenvalue weighted by molar-refractivity contribution is 6.33. The number of nitrogens with zero attached hydrogens (tertiary/aromatic N) is 2. The number of hydrogen-bond acceptors (Lipinski definition) is 4. The highest BCUT2D eigenvalue weighted by atomic mass is 35.5. The fourth-order valence-electron chi connectivity index (χ4n) is 1.76. The van der Waals surface area contributed by atoms with Crippen molar-refractivity contribution in [3.05, 3.63) is 45.6 Å². The summed E-state index contributed by atoms with van der Waals surface area (Å²) in [4.78, 5) is 14.9. The molecule has 0 fully saturated rings. The fraction of sp³-hybridized carbons (Fsp3) is 0.167.